The van der Waals surface area contributed by atoms with Gasteiger partial charge in [-0.1, -0.05) is 44.2 Å². The number of carbonyl (C=O) groups excluding carboxylic acids is 3. The van der Waals surface area contributed by atoms with E-state index in [1.165, 1.54) is 0 Å². The van der Waals surface area contributed by atoms with E-state index in [0.717, 1.165) is 17.7 Å². The highest BCUT2D eigenvalue weighted by Gasteiger charge is 2.19. The monoisotopic (exact) mass is 377 g/mol. The van der Waals surface area contributed by atoms with E-state index in [1.807, 2.05) is 44.2 Å². The second-order valence-electron chi connectivity index (χ2n) is 6.51. The van der Waals surface area contributed by atoms with Gasteiger partial charge in [0.2, 0.25) is 0 Å². The summed E-state index contributed by atoms with van der Waals surface area (Å²) in [5.74, 6) is -1.30. The van der Waals surface area contributed by atoms with Crippen LogP contribution in [0.25, 0.3) is 0 Å². The van der Waals surface area contributed by atoms with E-state index < -0.39 is 24.1 Å². The summed E-state index contributed by atoms with van der Waals surface area (Å²) in [4.78, 5) is 35.0. The summed E-state index contributed by atoms with van der Waals surface area (Å²) < 4.78 is 15.1. The second kappa shape index (κ2) is 11.7. The summed E-state index contributed by atoms with van der Waals surface area (Å²) in [6.07, 6.45) is 1.14. The first-order valence-corrected chi connectivity index (χ1v) is 8.80. The average Bonchev–Trinajstić information content (AvgIpc) is 2.61. The molecule has 0 saturated heterocycles. The predicted molar refractivity (Wildman–Crippen MR) is 99.7 cm³/mol. The molecule has 7 heteroatoms. The molecule has 0 saturated carbocycles. The molecule has 0 aliphatic rings. The molecule has 27 heavy (non-hydrogen) atoms. The minimum absolute atomic E-state index is 0.0111. The van der Waals surface area contributed by atoms with Crippen molar-refractivity contribution in [3.63, 3.8) is 0 Å². The zero-order valence-electron chi connectivity index (χ0n) is 16.1. The topological polar surface area (TPSA) is 90.9 Å². The highest BCUT2D eigenvalue weighted by atomic mass is 16.6. The van der Waals surface area contributed by atoms with Crippen molar-refractivity contribution in [3.8, 4) is 0 Å². The molecular weight excluding hydrogens is 350 g/mol. The molecule has 148 valence electrons. The van der Waals surface area contributed by atoms with Crippen molar-refractivity contribution in [3.05, 3.63) is 48.0 Å². The molecule has 0 aliphatic carbocycles. The first kappa shape index (κ1) is 22.2. The van der Waals surface area contributed by atoms with Gasteiger partial charge in [0.25, 0.3) is 0 Å². The van der Waals surface area contributed by atoms with E-state index in [1.54, 1.807) is 13.8 Å². The molecule has 0 bridgehead atoms. The zero-order chi connectivity index (χ0) is 20.2. The Morgan fingerprint density at radius 3 is 2.19 bits per heavy atom. The number of hydrogen-bond acceptors (Lipinski definition) is 6. The third-order valence-electron chi connectivity index (χ3n) is 3.43. The van der Waals surface area contributed by atoms with Crippen LogP contribution in [0, 0.1) is 5.92 Å². The van der Waals surface area contributed by atoms with Gasteiger partial charge in [0, 0.05) is 12.2 Å². The number of amides is 1. The van der Waals surface area contributed by atoms with Crippen LogP contribution in [0.1, 0.15) is 33.3 Å². The van der Waals surface area contributed by atoms with Crippen LogP contribution in [0.5, 0.6) is 0 Å². The Hall–Kier alpha value is -2.83. The van der Waals surface area contributed by atoms with Gasteiger partial charge in [0.15, 0.2) is 0 Å². The van der Waals surface area contributed by atoms with Crippen molar-refractivity contribution in [1.82, 2.24) is 5.32 Å². The Kier molecular flexibility index (Phi) is 9.64. The van der Waals surface area contributed by atoms with Crippen LogP contribution in [0.3, 0.4) is 0 Å². The Morgan fingerprint density at radius 1 is 0.963 bits per heavy atom. The van der Waals surface area contributed by atoms with Gasteiger partial charge in [-0.2, -0.15) is 0 Å². The summed E-state index contributed by atoms with van der Waals surface area (Å²) >= 11 is 0. The van der Waals surface area contributed by atoms with E-state index in [4.69, 9.17) is 14.2 Å². The molecule has 0 aliphatic heterocycles. The maximum atomic E-state index is 11.9. The maximum absolute atomic E-state index is 11.9. The van der Waals surface area contributed by atoms with Gasteiger partial charge in [0.05, 0.1) is 12.1 Å². The summed E-state index contributed by atoms with van der Waals surface area (Å²) in [6, 6.07) is 8.88. The summed E-state index contributed by atoms with van der Waals surface area (Å²) in [5, 5.41) is 2.68. The third kappa shape index (κ3) is 10.0. The molecule has 0 radical (unpaired) electrons. The minimum Gasteiger partial charge on any atom is -0.460 e. The van der Waals surface area contributed by atoms with Crippen LogP contribution >= 0.6 is 0 Å². The molecule has 7 nitrogen and oxygen atoms in total. The van der Waals surface area contributed by atoms with Crippen LogP contribution in [-0.2, 0) is 30.4 Å². The molecule has 1 amide bonds. The fourth-order valence-electron chi connectivity index (χ4n) is 1.94. The van der Waals surface area contributed by atoms with Gasteiger partial charge in [-0.3, -0.25) is 0 Å². The lowest BCUT2D eigenvalue weighted by Crippen LogP contribution is -2.42. The van der Waals surface area contributed by atoms with Gasteiger partial charge in [0.1, 0.15) is 13.2 Å². The molecular formula is C20H27NO6. The molecule has 0 spiro atoms. The molecule has 0 unspecified atom stereocenters. The summed E-state index contributed by atoms with van der Waals surface area (Å²) in [6.45, 7) is 7.29. The fourth-order valence-corrected chi connectivity index (χ4v) is 1.94. The molecule has 1 aromatic rings. The Balaban J connectivity index is 2.42. The van der Waals surface area contributed by atoms with Crippen molar-refractivity contribution in [2.75, 3.05) is 6.61 Å². The van der Waals surface area contributed by atoms with Gasteiger partial charge < -0.3 is 19.5 Å². The van der Waals surface area contributed by atoms with Crippen LogP contribution in [-0.4, -0.2) is 36.8 Å². The summed E-state index contributed by atoms with van der Waals surface area (Å²) in [5.41, 5.74) is 0.874. The Labute approximate surface area is 159 Å². The number of esters is 2. The van der Waals surface area contributed by atoms with Gasteiger partial charge in [-0.05, 0) is 25.3 Å². The van der Waals surface area contributed by atoms with E-state index in [9.17, 15) is 14.4 Å². The SMILES string of the molecule is CC(C)OC(=O)/C=C/C(=O)OC[C@@H](NC(=O)OCc1ccccc1)C(C)C. The van der Waals surface area contributed by atoms with Gasteiger partial charge >= 0.3 is 18.0 Å². The lowest BCUT2D eigenvalue weighted by molar-refractivity contribution is -0.143. The molecule has 1 N–H and O–H groups in total. The minimum atomic E-state index is -0.694. The molecule has 0 heterocycles. The van der Waals surface area contributed by atoms with Crippen LogP contribution < -0.4 is 5.32 Å². The Morgan fingerprint density at radius 2 is 1.59 bits per heavy atom. The zero-order valence-corrected chi connectivity index (χ0v) is 16.1. The second-order valence-corrected chi connectivity index (χ2v) is 6.51. The van der Waals surface area contributed by atoms with Gasteiger partial charge in [-0.15, -0.1) is 0 Å². The standard InChI is InChI=1S/C20H27NO6/c1-14(2)17(13-25-18(22)10-11-19(23)27-15(3)4)21-20(24)26-12-16-8-6-5-7-9-16/h5-11,14-15,17H,12-13H2,1-4H3,(H,21,24)/b11-10+/t17-/m1/s1. The molecule has 1 atom stereocenters. The number of benzene rings is 1. The maximum Gasteiger partial charge on any atom is 0.407 e. The molecule has 1 rings (SSSR count). The predicted octanol–water partition coefficient (Wildman–Crippen LogP) is 2.99. The number of ether oxygens (including phenoxy) is 3. The number of alkyl carbamates (subject to hydrolysis) is 1. The number of rotatable bonds is 9. The van der Waals surface area contributed by atoms with Crippen LogP contribution in [0.15, 0.2) is 42.5 Å². The van der Waals surface area contributed by atoms with Crippen molar-refractivity contribution in [1.29, 1.82) is 0 Å². The largest absolute Gasteiger partial charge is 0.460 e. The van der Waals surface area contributed by atoms with Crippen molar-refractivity contribution in [2.24, 2.45) is 5.92 Å². The quantitative estimate of drug-likeness (QED) is 0.404. The van der Waals surface area contributed by atoms with Crippen LogP contribution in [0.4, 0.5) is 4.79 Å². The molecule has 1 aromatic carbocycles. The van der Waals surface area contributed by atoms with Gasteiger partial charge in [-0.25, -0.2) is 14.4 Å². The lowest BCUT2D eigenvalue weighted by atomic mass is 10.1. The fraction of sp³-hybridized carbons (Fsp3) is 0.450. The third-order valence-corrected chi connectivity index (χ3v) is 3.43. The number of nitrogens with one attached hydrogen (secondary N) is 1. The van der Waals surface area contributed by atoms with Crippen LogP contribution in [0.2, 0.25) is 0 Å². The average molecular weight is 377 g/mol. The number of carbonyl (C=O) groups is 3. The van der Waals surface area contributed by atoms with E-state index in [0.29, 0.717) is 0 Å². The first-order chi connectivity index (χ1) is 12.8. The highest BCUT2D eigenvalue weighted by Crippen LogP contribution is 2.05. The van der Waals surface area contributed by atoms with Crippen molar-refractivity contribution < 1.29 is 28.6 Å². The van der Waals surface area contributed by atoms with E-state index in [2.05, 4.69) is 5.32 Å². The highest BCUT2D eigenvalue weighted by molar-refractivity contribution is 5.91. The van der Waals surface area contributed by atoms with E-state index >= 15 is 0 Å². The van der Waals surface area contributed by atoms with E-state index in [-0.39, 0.29) is 25.2 Å². The summed E-state index contributed by atoms with van der Waals surface area (Å²) in [7, 11) is 0. The van der Waals surface area contributed by atoms with Crippen molar-refractivity contribution in [2.45, 2.75) is 46.4 Å². The van der Waals surface area contributed by atoms with Crippen molar-refractivity contribution >= 4 is 18.0 Å². The number of hydrogen-bond donors (Lipinski definition) is 1. The smallest absolute Gasteiger partial charge is 0.407 e. The first-order valence-electron chi connectivity index (χ1n) is 8.80. The normalized spacial score (nSPS) is 12.1. The lowest BCUT2D eigenvalue weighted by Gasteiger charge is -2.21. The molecule has 0 fully saturated rings. The molecule has 0 aromatic heterocycles. The Bertz CT molecular complexity index is 639.